The normalized spacial score (nSPS) is 11.3. The van der Waals surface area contributed by atoms with Crippen molar-refractivity contribution in [3.8, 4) is 0 Å². The van der Waals surface area contributed by atoms with Gasteiger partial charge in [-0.1, -0.05) is 17.4 Å². The summed E-state index contributed by atoms with van der Waals surface area (Å²) in [4.78, 5) is 20.3. The molecule has 0 aliphatic heterocycles. The molecule has 0 atom stereocenters. The van der Waals surface area contributed by atoms with Crippen molar-refractivity contribution in [1.82, 2.24) is 18.8 Å². The van der Waals surface area contributed by atoms with Crippen LogP contribution < -0.4 is 5.32 Å². The second kappa shape index (κ2) is 5.06. The number of aromatic nitrogens is 4. The maximum atomic E-state index is 11.3. The van der Waals surface area contributed by atoms with Gasteiger partial charge in [0.15, 0.2) is 0 Å². The molecule has 8 nitrogen and oxygen atoms in total. The van der Waals surface area contributed by atoms with Crippen LogP contribution >= 0.6 is 11.3 Å². The van der Waals surface area contributed by atoms with E-state index in [-0.39, 0.29) is 11.6 Å². The Kier molecular flexibility index (Phi) is 3.01. The smallest absolute Gasteiger partial charge is 0.358 e. The second-order valence-corrected chi connectivity index (χ2v) is 5.98. The lowest BCUT2D eigenvalue weighted by Gasteiger charge is -2.00. The third-order valence-corrected chi connectivity index (χ3v) is 4.33. The molecule has 0 aromatic carbocycles. The van der Waals surface area contributed by atoms with Gasteiger partial charge in [-0.25, -0.2) is 4.98 Å². The summed E-state index contributed by atoms with van der Waals surface area (Å²) in [5.74, 6) is 0.205. The van der Waals surface area contributed by atoms with Gasteiger partial charge in [-0.2, -0.15) is 9.38 Å². The number of pyridine rings is 1. The summed E-state index contributed by atoms with van der Waals surface area (Å²) in [5, 5.41) is 16.1. The van der Waals surface area contributed by atoms with Gasteiger partial charge in [0, 0.05) is 17.8 Å². The van der Waals surface area contributed by atoms with E-state index < -0.39 is 4.92 Å². The summed E-state index contributed by atoms with van der Waals surface area (Å²) in [6.07, 6.45) is 5.47. The molecule has 0 aliphatic carbocycles. The summed E-state index contributed by atoms with van der Waals surface area (Å²) >= 11 is 1.35. The van der Waals surface area contributed by atoms with Crippen molar-refractivity contribution in [1.29, 1.82) is 0 Å². The van der Waals surface area contributed by atoms with Crippen molar-refractivity contribution in [3.05, 3.63) is 57.5 Å². The fraction of sp³-hybridized carbons (Fsp3) is 0.143. The van der Waals surface area contributed by atoms with Gasteiger partial charge in [-0.05, 0) is 23.5 Å². The van der Waals surface area contributed by atoms with E-state index in [0.717, 1.165) is 16.9 Å². The lowest BCUT2D eigenvalue weighted by Crippen LogP contribution is -2.03. The Morgan fingerprint density at radius 1 is 1.39 bits per heavy atom. The first-order valence-electron chi connectivity index (χ1n) is 6.90. The maximum absolute atomic E-state index is 11.3. The third kappa shape index (κ3) is 2.21. The SMILES string of the molecule is Cc1cccn2cc(CNc3nc4sccn4c3[N+](=O)[O-])nc12. The van der Waals surface area contributed by atoms with Crippen LogP contribution in [0.5, 0.6) is 0 Å². The van der Waals surface area contributed by atoms with Crippen LogP contribution in [-0.2, 0) is 6.54 Å². The minimum atomic E-state index is -0.428. The van der Waals surface area contributed by atoms with Crippen molar-refractivity contribution in [2.45, 2.75) is 13.5 Å². The second-order valence-electron chi connectivity index (χ2n) is 5.10. The van der Waals surface area contributed by atoms with Gasteiger partial charge in [-0.3, -0.25) is 0 Å². The summed E-state index contributed by atoms with van der Waals surface area (Å²) < 4.78 is 3.41. The van der Waals surface area contributed by atoms with Crippen LogP contribution in [-0.4, -0.2) is 23.7 Å². The van der Waals surface area contributed by atoms with E-state index in [1.54, 1.807) is 11.6 Å². The Bertz CT molecular complexity index is 1030. The monoisotopic (exact) mass is 328 g/mol. The molecule has 0 fully saturated rings. The first-order valence-corrected chi connectivity index (χ1v) is 7.78. The molecule has 0 unspecified atom stereocenters. The zero-order valence-electron chi connectivity index (χ0n) is 12.1. The molecule has 0 radical (unpaired) electrons. The van der Waals surface area contributed by atoms with Gasteiger partial charge in [0.05, 0.1) is 12.2 Å². The number of aryl methyl sites for hydroxylation is 1. The van der Waals surface area contributed by atoms with Gasteiger partial charge in [0.25, 0.3) is 4.96 Å². The lowest BCUT2D eigenvalue weighted by molar-refractivity contribution is -0.389. The highest BCUT2D eigenvalue weighted by atomic mass is 32.1. The summed E-state index contributed by atoms with van der Waals surface area (Å²) in [6.45, 7) is 2.36. The Balaban J connectivity index is 1.65. The fourth-order valence-electron chi connectivity index (χ4n) is 2.53. The van der Waals surface area contributed by atoms with Crippen LogP contribution in [0.3, 0.4) is 0 Å². The quantitative estimate of drug-likeness (QED) is 0.459. The average Bonchev–Trinajstić information content (AvgIpc) is 3.18. The number of hydrogen-bond acceptors (Lipinski definition) is 6. The largest absolute Gasteiger partial charge is 0.372 e. The molecule has 116 valence electrons. The molecule has 0 saturated heterocycles. The highest BCUT2D eigenvalue weighted by Crippen LogP contribution is 2.28. The Hall–Kier alpha value is -2.94. The molecule has 0 spiro atoms. The van der Waals surface area contributed by atoms with Crippen LogP contribution in [0.1, 0.15) is 11.3 Å². The zero-order chi connectivity index (χ0) is 16.0. The third-order valence-electron chi connectivity index (χ3n) is 3.57. The molecular formula is C14H12N6O2S. The van der Waals surface area contributed by atoms with Gasteiger partial charge in [-0.15, -0.1) is 0 Å². The van der Waals surface area contributed by atoms with Crippen molar-refractivity contribution >= 4 is 33.6 Å². The number of nitrogens with zero attached hydrogens (tertiary/aromatic N) is 5. The van der Waals surface area contributed by atoms with E-state index in [2.05, 4.69) is 15.3 Å². The van der Waals surface area contributed by atoms with Crippen LogP contribution in [0, 0.1) is 17.0 Å². The molecular weight excluding hydrogens is 316 g/mol. The number of thiazole rings is 1. The average molecular weight is 328 g/mol. The first kappa shape index (κ1) is 13.7. The molecule has 4 aromatic rings. The summed E-state index contributed by atoms with van der Waals surface area (Å²) in [7, 11) is 0. The van der Waals surface area contributed by atoms with Gasteiger partial charge in [0.2, 0.25) is 5.82 Å². The standard InChI is InChI=1S/C14H12N6O2S/c1-9-3-2-4-18-8-10(16-12(9)18)7-15-11-13(20(21)22)19-5-6-23-14(19)17-11/h2-6,8,15H,7H2,1H3. The topological polar surface area (TPSA) is 89.8 Å². The van der Waals surface area contributed by atoms with E-state index in [1.165, 1.54) is 15.7 Å². The van der Waals surface area contributed by atoms with Gasteiger partial charge in [0.1, 0.15) is 11.8 Å². The molecule has 1 N–H and O–H groups in total. The number of nitro groups is 1. The molecule has 23 heavy (non-hydrogen) atoms. The molecule has 0 saturated carbocycles. The Morgan fingerprint density at radius 2 is 2.26 bits per heavy atom. The number of anilines is 1. The molecule has 4 heterocycles. The van der Waals surface area contributed by atoms with Gasteiger partial charge >= 0.3 is 5.82 Å². The first-order chi connectivity index (χ1) is 11.1. The predicted octanol–water partition coefficient (Wildman–Crippen LogP) is 2.87. The van der Waals surface area contributed by atoms with E-state index in [1.807, 2.05) is 35.9 Å². The van der Waals surface area contributed by atoms with E-state index >= 15 is 0 Å². The highest BCUT2D eigenvalue weighted by Gasteiger charge is 2.23. The number of nitrogens with one attached hydrogen (secondary N) is 1. The van der Waals surface area contributed by atoms with Crippen molar-refractivity contribution in [2.75, 3.05) is 5.32 Å². The van der Waals surface area contributed by atoms with Crippen LogP contribution in [0.2, 0.25) is 0 Å². The lowest BCUT2D eigenvalue weighted by atomic mass is 10.3. The molecule has 9 heteroatoms. The number of hydrogen-bond donors (Lipinski definition) is 1. The van der Waals surface area contributed by atoms with E-state index in [9.17, 15) is 10.1 Å². The number of fused-ring (bicyclic) bond motifs is 2. The molecule has 0 amide bonds. The molecule has 0 bridgehead atoms. The fourth-order valence-corrected chi connectivity index (χ4v) is 3.24. The van der Waals surface area contributed by atoms with E-state index in [0.29, 0.717) is 11.5 Å². The minimum Gasteiger partial charge on any atom is -0.358 e. The van der Waals surface area contributed by atoms with Crippen LogP contribution in [0.15, 0.2) is 36.1 Å². The maximum Gasteiger partial charge on any atom is 0.372 e. The zero-order valence-corrected chi connectivity index (χ0v) is 12.9. The van der Waals surface area contributed by atoms with Crippen molar-refractivity contribution in [2.24, 2.45) is 0 Å². The van der Waals surface area contributed by atoms with Crippen LogP contribution in [0.25, 0.3) is 10.6 Å². The predicted molar refractivity (Wildman–Crippen MR) is 87.0 cm³/mol. The highest BCUT2D eigenvalue weighted by molar-refractivity contribution is 7.15. The Labute approximate surface area is 134 Å². The van der Waals surface area contributed by atoms with Gasteiger partial charge < -0.3 is 19.8 Å². The molecule has 0 aliphatic rings. The Morgan fingerprint density at radius 3 is 3.04 bits per heavy atom. The minimum absolute atomic E-state index is 0.0544. The number of imidazole rings is 2. The molecule has 4 aromatic heterocycles. The van der Waals surface area contributed by atoms with Crippen LogP contribution in [0.4, 0.5) is 11.6 Å². The summed E-state index contributed by atoms with van der Waals surface area (Å²) in [5.41, 5.74) is 2.75. The van der Waals surface area contributed by atoms with Crippen molar-refractivity contribution in [3.63, 3.8) is 0 Å². The molecule has 4 rings (SSSR count). The number of rotatable bonds is 4. The summed E-state index contributed by atoms with van der Waals surface area (Å²) in [6, 6.07) is 3.95. The van der Waals surface area contributed by atoms with E-state index in [4.69, 9.17) is 0 Å². The van der Waals surface area contributed by atoms with Crippen molar-refractivity contribution < 1.29 is 4.92 Å².